The number of amides is 1. The quantitative estimate of drug-likeness (QED) is 0.898. The van der Waals surface area contributed by atoms with Gasteiger partial charge < -0.3 is 10.6 Å². The molecule has 0 aromatic heterocycles. The Balaban J connectivity index is 0.00000180. The van der Waals surface area contributed by atoms with Crippen molar-refractivity contribution in [3.63, 3.8) is 0 Å². The molecule has 0 saturated heterocycles. The molecule has 106 valence electrons. The Bertz CT molecular complexity index is 445. The van der Waals surface area contributed by atoms with E-state index in [0.717, 1.165) is 22.6 Å². The van der Waals surface area contributed by atoms with Crippen LogP contribution in [0.1, 0.15) is 24.4 Å². The lowest BCUT2D eigenvalue weighted by Gasteiger charge is -2.26. The zero-order valence-electron chi connectivity index (χ0n) is 10.7. The van der Waals surface area contributed by atoms with Crippen molar-refractivity contribution < 1.29 is 9.18 Å². The van der Waals surface area contributed by atoms with Crippen molar-refractivity contribution in [1.82, 2.24) is 10.6 Å². The highest BCUT2D eigenvalue weighted by Crippen LogP contribution is 2.36. The molecule has 3 nitrogen and oxygen atoms in total. The van der Waals surface area contributed by atoms with Crippen molar-refractivity contribution in [2.24, 2.45) is 0 Å². The van der Waals surface area contributed by atoms with Crippen LogP contribution in [0.4, 0.5) is 4.39 Å². The smallest absolute Gasteiger partial charge is 0.221 e. The van der Waals surface area contributed by atoms with Gasteiger partial charge in [0.25, 0.3) is 0 Å². The molecular formula is C13H18ClFN2OS. The molecule has 1 aromatic rings. The van der Waals surface area contributed by atoms with Crippen LogP contribution >= 0.6 is 24.2 Å². The van der Waals surface area contributed by atoms with Gasteiger partial charge in [-0.05, 0) is 37.2 Å². The number of halogens is 2. The number of fused-ring (bicyclic) bond motifs is 1. The Morgan fingerprint density at radius 3 is 3.05 bits per heavy atom. The minimum Gasteiger partial charge on any atom is -0.349 e. The molecule has 0 aliphatic carbocycles. The summed E-state index contributed by atoms with van der Waals surface area (Å²) >= 11 is 1.72. The summed E-state index contributed by atoms with van der Waals surface area (Å²) in [5.74, 6) is 0.720. The lowest BCUT2D eigenvalue weighted by atomic mass is 10.0. The minimum atomic E-state index is -0.245. The van der Waals surface area contributed by atoms with Gasteiger partial charge in [0.05, 0.1) is 6.04 Å². The maximum atomic E-state index is 13.3. The van der Waals surface area contributed by atoms with E-state index in [1.54, 1.807) is 17.8 Å². The van der Waals surface area contributed by atoms with Gasteiger partial charge in [0.1, 0.15) is 5.82 Å². The van der Waals surface area contributed by atoms with Crippen LogP contribution in [-0.4, -0.2) is 25.3 Å². The zero-order valence-corrected chi connectivity index (χ0v) is 12.4. The summed E-state index contributed by atoms with van der Waals surface area (Å²) in [6.07, 6.45) is 1.30. The van der Waals surface area contributed by atoms with E-state index in [4.69, 9.17) is 0 Å². The summed E-state index contributed by atoms with van der Waals surface area (Å²) in [4.78, 5) is 12.8. The maximum absolute atomic E-state index is 13.3. The van der Waals surface area contributed by atoms with Crippen LogP contribution in [0.15, 0.2) is 23.1 Å². The number of hydrogen-bond acceptors (Lipinski definition) is 3. The molecule has 1 unspecified atom stereocenters. The van der Waals surface area contributed by atoms with E-state index in [0.29, 0.717) is 13.0 Å². The molecule has 1 aromatic carbocycles. The van der Waals surface area contributed by atoms with E-state index in [1.165, 1.54) is 12.1 Å². The van der Waals surface area contributed by atoms with Gasteiger partial charge in [0.15, 0.2) is 0 Å². The van der Waals surface area contributed by atoms with E-state index in [2.05, 4.69) is 10.6 Å². The molecule has 1 aliphatic rings. The van der Waals surface area contributed by atoms with Crippen LogP contribution in [0, 0.1) is 5.82 Å². The Morgan fingerprint density at radius 2 is 2.32 bits per heavy atom. The molecule has 1 amide bonds. The fraction of sp³-hybridized carbons (Fsp3) is 0.462. The lowest BCUT2D eigenvalue weighted by molar-refractivity contribution is -0.121. The van der Waals surface area contributed by atoms with Crippen molar-refractivity contribution in [3.8, 4) is 0 Å². The minimum absolute atomic E-state index is 0. The van der Waals surface area contributed by atoms with Crippen molar-refractivity contribution >= 4 is 30.1 Å². The van der Waals surface area contributed by atoms with Crippen molar-refractivity contribution in [2.75, 3.05) is 19.3 Å². The molecule has 0 spiro atoms. The average molecular weight is 305 g/mol. The molecule has 0 bridgehead atoms. The summed E-state index contributed by atoms with van der Waals surface area (Å²) in [5, 5.41) is 5.92. The Morgan fingerprint density at radius 1 is 1.53 bits per heavy atom. The van der Waals surface area contributed by atoms with Gasteiger partial charge in [-0.3, -0.25) is 4.79 Å². The van der Waals surface area contributed by atoms with Crippen LogP contribution in [0.25, 0.3) is 0 Å². The van der Waals surface area contributed by atoms with Gasteiger partial charge >= 0.3 is 0 Å². The first-order valence-corrected chi connectivity index (χ1v) is 7.05. The number of nitrogens with one attached hydrogen (secondary N) is 2. The zero-order chi connectivity index (χ0) is 13.0. The molecule has 1 atom stereocenters. The first kappa shape index (κ1) is 16.3. The van der Waals surface area contributed by atoms with Crippen molar-refractivity contribution in [2.45, 2.75) is 23.8 Å². The summed E-state index contributed by atoms with van der Waals surface area (Å²) < 4.78 is 13.3. The molecular weight excluding hydrogens is 287 g/mol. The fourth-order valence-corrected chi connectivity index (χ4v) is 3.13. The van der Waals surface area contributed by atoms with Gasteiger partial charge in [-0.2, -0.15) is 0 Å². The molecule has 2 N–H and O–H groups in total. The molecule has 1 aliphatic heterocycles. The number of carbonyl (C=O) groups is 1. The summed E-state index contributed by atoms with van der Waals surface area (Å²) in [7, 11) is 1.81. The van der Waals surface area contributed by atoms with Crippen LogP contribution in [0.5, 0.6) is 0 Å². The highest BCUT2D eigenvalue weighted by molar-refractivity contribution is 7.99. The van der Waals surface area contributed by atoms with Crippen LogP contribution in [0.3, 0.4) is 0 Å². The van der Waals surface area contributed by atoms with Crippen LogP contribution < -0.4 is 10.6 Å². The molecule has 2 rings (SSSR count). The van der Waals surface area contributed by atoms with Gasteiger partial charge in [-0.15, -0.1) is 24.2 Å². The molecule has 0 radical (unpaired) electrons. The normalized spacial score (nSPS) is 17.3. The van der Waals surface area contributed by atoms with E-state index < -0.39 is 0 Å². The SMILES string of the molecule is CNCCC(=O)NC1CCSc2ccc(F)cc21.Cl. The summed E-state index contributed by atoms with van der Waals surface area (Å²) in [6.45, 7) is 0.656. The maximum Gasteiger partial charge on any atom is 0.221 e. The third kappa shape index (κ3) is 4.37. The Hall–Kier alpha value is -0.780. The third-order valence-corrected chi connectivity index (χ3v) is 4.07. The van der Waals surface area contributed by atoms with E-state index >= 15 is 0 Å². The van der Waals surface area contributed by atoms with Crippen molar-refractivity contribution in [1.29, 1.82) is 0 Å². The van der Waals surface area contributed by atoms with Gasteiger partial charge in [0.2, 0.25) is 5.91 Å². The van der Waals surface area contributed by atoms with Crippen LogP contribution in [-0.2, 0) is 4.79 Å². The average Bonchev–Trinajstić information content (AvgIpc) is 2.37. The van der Waals surface area contributed by atoms with E-state index in [-0.39, 0.29) is 30.2 Å². The molecule has 0 fully saturated rings. The molecule has 6 heteroatoms. The largest absolute Gasteiger partial charge is 0.349 e. The van der Waals surface area contributed by atoms with E-state index in [1.807, 2.05) is 7.05 Å². The van der Waals surface area contributed by atoms with Gasteiger partial charge in [-0.1, -0.05) is 0 Å². The Kier molecular flexibility index (Phi) is 6.62. The highest BCUT2D eigenvalue weighted by atomic mass is 35.5. The first-order valence-electron chi connectivity index (χ1n) is 6.07. The van der Waals surface area contributed by atoms with Gasteiger partial charge in [0, 0.05) is 23.6 Å². The summed E-state index contributed by atoms with van der Waals surface area (Å²) in [5.41, 5.74) is 0.907. The predicted molar refractivity (Wildman–Crippen MR) is 78.4 cm³/mol. The predicted octanol–water partition coefficient (Wildman–Crippen LogP) is 2.51. The lowest BCUT2D eigenvalue weighted by Crippen LogP contribution is -2.32. The van der Waals surface area contributed by atoms with Crippen LogP contribution in [0.2, 0.25) is 0 Å². The molecule has 19 heavy (non-hydrogen) atoms. The number of benzene rings is 1. The Labute approximate surface area is 123 Å². The fourth-order valence-electron chi connectivity index (χ4n) is 2.02. The highest BCUT2D eigenvalue weighted by Gasteiger charge is 2.22. The number of rotatable bonds is 4. The standard InChI is InChI=1S/C13H17FN2OS.ClH/c1-15-6-4-13(17)16-11-5-7-18-12-3-2-9(14)8-10(11)12;/h2-3,8,11,15H,4-7H2,1H3,(H,16,17);1H. The monoisotopic (exact) mass is 304 g/mol. The first-order chi connectivity index (χ1) is 8.70. The third-order valence-electron chi connectivity index (χ3n) is 2.95. The molecule has 1 heterocycles. The molecule has 0 saturated carbocycles. The van der Waals surface area contributed by atoms with E-state index in [9.17, 15) is 9.18 Å². The summed E-state index contributed by atoms with van der Waals surface area (Å²) in [6, 6.07) is 4.74. The number of hydrogen-bond donors (Lipinski definition) is 2. The number of carbonyl (C=O) groups excluding carboxylic acids is 1. The topological polar surface area (TPSA) is 41.1 Å². The van der Waals surface area contributed by atoms with Crippen molar-refractivity contribution in [3.05, 3.63) is 29.6 Å². The number of thioether (sulfide) groups is 1. The second-order valence-corrected chi connectivity index (χ2v) is 5.43. The second kappa shape index (κ2) is 7.72. The second-order valence-electron chi connectivity index (χ2n) is 4.29. The van der Waals surface area contributed by atoms with Gasteiger partial charge in [-0.25, -0.2) is 4.39 Å².